The fourth-order valence-corrected chi connectivity index (χ4v) is 3.81. The molecule has 0 aromatic heterocycles. The normalized spacial score (nSPS) is 15.0. The van der Waals surface area contributed by atoms with Crippen molar-refractivity contribution in [2.45, 2.75) is 43.4 Å². The molecule has 0 unspecified atom stereocenters. The number of benzene rings is 1. The quantitative estimate of drug-likeness (QED) is 0.384. The van der Waals surface area contributed by atoms with Crippen LogP contribution in [0.1, 0.15) is 38.5 Å². The molecule has 9 heteroatoms. The molecule has 0 atom stereocenters. The van der Waals surface area contributed by atoms with Gasteiger partial charge in [0.1, 0.15) is 5.69 Å². The summed E-state index contributed by atoms with van der Waals surface area (Å²) in [5.41, 5.74) is -0.0805. The highest BCUT2D eigenvalue weighted by Crippen LogP contribution is 2.28. The highest BCUT2D eigenvalue weighted by Gasteiger charge is 2.19. The summed E-state index contributed by atoms with van der Waals surface area (Å²) >= 11 is 0. The molecule has 0 aliphatic heterocycles. The lowest BCUT2D eigenvalue weighted by molar-refractivity contribution is -0.384. The molecule has 2 rings (SSSR count). The minimum Gasteiger partial charge on any atom is -0.378 e. The number of amides is 1. The number of sulfone groups is 1. The number of anilines is 1. The smallest absolute Gasteiger partial charge is 0.293 e. The standard InChI is InChI=1S/C17H25N3O5S/c1-26(24,25)14-7-8-15(16(12-14)20(22)23)18-10-11-19-17(21)9-6-13-4-2-3-5-13/h7-8,12-13,18H,2-6,9-11H2,1H3,(H,19,21). The predicted octanol–water partition coefficient (Wildman–Crippen LogP) is 2.50. The minimum atomic E-state index is -3.51. The summed E-state index contributed by atoms with van der Waals surface area (Å²) in [5.74, 6) is 0.649. The maximum atomic E-state index is 11.8. The molecule has 1 saturated carbocycles. The molecule has 144 valence electrons. The number of nitro groups is 1. The van der Waals surface area contributed by atoms with Crippen LogP contribution in [0.25, 0.3) is 0 Å². The van der Waals surface area contributed by atoms with Gasteiger partial charge >= 0.3 is 0 Å². The van der Waals surface area contributed by atoms with Crippen molar-refractivity contribution in [1.82, 2.24) is 5.32 Å². The number of nitrogens with zero attached hydrogens (tertiary/aromatic N) is 1. The molecule has 0 saturated heterocycles. The van der Waals surface area contributed by atoms with Crippen LogP contribution in [0, 0.1) is 16.0 Å². The topological polar surface area (TPSA) is 118 Å². The molecule has 1 aliphatic rings. The summed E-state index contributed by atoms with van der Waals surface area (Å²) in [4.78, 5) is 22.3. The van der Waals surface area contributed by atoms with Gasteiger partial charge in [0.05, 0.1) is 9.82 Å². The zero-order valence-corrected chi connectivity index (χ0v) is 15.7. The van der Waals surface area contributed by atoms with E-state index in [2.05, 4.69) is 10.6 Å². The summed E-state index contributed by atoms with van der Waals surface area (Å²) in [6.45, 7) is 0.655. The number of carbonyl (C=O) groups excluding carboxylic acids is 1. The average Bonchev–Trinajstić information content (AvgIpc) is 3.09. The molecule has 1 fully saturated rings. The highest BCUT2D eigenvalue weighted by molar-refractivity contribution is 7.90. The Morgan fingerprint density at radius 1 is 1.27 bits per heavy atom. The van der Waals surface area contributed by atoms with Crippen LogP contribution in [0.15, 0.2) is 23.1 Å². The highest BCUT2D eigenvalue weighted by atomic mass is 32.2. The lowest BCUT2D eigenvalue weighted by atomic mass is 10.0. The van der Waals surface area contributed by atoms with Crippen LogP contribution in [0.2, 0.25) is 0 Å². The van der Waals surface area contributed by atoms with Gasteiger partial charge in [0.15, 0.2) is 9.84 Å². The van der Waals surface area contributed by atoms with Crippen molar-refractivity contribution in [3.05, 3.63) is 28.3 Å². The van der Waals surface area contributed by atoms with Gasteiger partial charge in [-0.3, -0.25) is 14.9 Å². The summed E-state index contributed by atoms with van der Waals surface area (Å²) in [7, 11) is -3.51. The Morgan fingerprint density at radius 2 is 1.96 bits per heavy atom. The minimum absolute atomic E-state index is 0.0133. The van der Waals surface area contributed by atoms with Gasteiger partial charge in [0.2, 0.25) is 5.91 Å². The van der Waals surface area contributed by atoms with Gasteiger partial charge in [-0.15, -0.1) is 0 Å². The van der Waals surface area contributed by atoms with Crippen LogP contribution in [0.5, 0.6) is 0 Å². The Kier molecular flexibility index (Phi) is 6.96. The predicted molar refractivity (Wildman–Crippen MR) is 98.9 cm³/mol. The SMILES string of the molecule is CS(=O)(=O)c1ccc(NCCNC(=O)CCC2CCCC2)c([N+](=O)[O-])c1. The number of nitro benzene ring substituents is 1. The number of carbonyl (C=O) groups is 1. The van der Waals surface area contributed by atoms with Crippen molar-refractivity contribution in [3.8, 4) is 0 Å². The van der Waals surface area contributed by atoms with Crippen LogP contribution in [0.4, 0.5) is 11.4 Å². The fraction of sp³-hybridized carbons (Fsp3) is 0.588. The van der Waals surface area contributed by atoms with E-state index in [4.69, 9.17) is 0 Å². The molecule has 26 heavy (non-hydrogen) atoms. The van der Waals surface area contributed by atoms with E-state index in [-0.39, 0.29) is 22.2 Å². The van der Waals surface area contributed by atoms with Gasteiger partial charge in [-0.2, -0.15) is 0 Å². The van der Waals surface area contributed by atoms with Gasteiger partial charge in [0.25, 0.3) is 5.69 Å². The second-order valence-electron chi connectivity index (χ2n) is 6.67. The van der Waals surface area contributed by atoms with Crippen molar-refractivity contribution in [2.24, 2.45) is 5.92 Å². The number of hydrogen-bond acceptors (Lipinski definition) is 6. The Balaban J connectivity index is 1.81. The third kappa shape index (κ3) is 5.98. The van der Waals surface area contributed by atoms with E-state index >= 15 is 0 Å². The van der Waals surface area contributed by atoms with Crippen molar-refractivity contribution in [2.75, 3.05) is 24.7 Å². The van der Waals surface area contributed by atoms with E-state index in [1.165, 1.54) is 37.8 Å². The molecule has 1 aromatic rings. The third-order valence-corrected chi connectivity index (χ3v) is 5.72. The average molecular weight is 383 g/mol. The Bertz CT molecular complexity index is 758. The lowest BCUT2D eigenvalue weighted by Crippen LogP contribution is -2.29. The zero-order valence-electron chi connectivity index (χ0n) is 14.9. The zero-order chi connectivity index (χ0) is 19.2. The fourth-order valence-electron chi connectivity index (χ4n) is 3.16. The number of rotatable bonds is 9. The molecular formula is C17H25N3O5S. The molecule has 1 aliphatic carbocycles. The van der Waals surface area contributed by atoms with Crippen LogP contribution >= 0.6 is 0 Å². The lowest BCUT2D eigenvalue weighted by Gasteiger charge is -2.11. The van der Waals surface area contributed by atoms with Gasteiger partial charge < -0.3 is 10.6 Å². The van der Waals surface area contributed by atoms with E-state index < -0.39 is 14.8 Å². The van der Waals surface area contributed by atoms with Crippen molar-refractivity contribution in [1.29, 1.82) is 0 Å². The van der Waals surface area contributed by atoms with Crippen LogP contribution in [-0.2, 0) is 14.6 Å². The summed E-state index contributed by atoms with van der Waals surface area (Å²) < 4.78 is 23.0. The molecule has 0 radical (unpaired) electrons. The number of nitrogens with one attached hydrogen (secondary N) is 2. The van der Waals surface area contributed by atoms with E-state index in [1.54, 1.807) is 0 Å². The third-order valence-electron chi connectivity index (χ3n) is 4.61. The van der Waals surface area contributed by atoms with Gasteiger partial charge in [-0.25, -0.2) is 8.42 Å². The molecule has 0 spiro atoms. The maximum absolute atomic E-state index is 11.8. The first-order chi connectivity index (χ1) is 12.3. The van der Waals surface area contributed by atoms with E-state index in [9.17, 15) is 23.3 Å². The molecule has 0 heterocycles. The summed E-state index contributed by atoms with van der Waals surface area (Å²) in [5, 5.41) is 16.8. The van der Waals surface area contributed by atoms with E-state index in [1.807, 2.05) is 0 Å². The summed E-state index contributed by atoms with van der Waals surface area (Å²) in [6, 6.07) is 3.74. The second kappa shape index (κ2) is 8.98. The molecule has 2 N–H and O–H groups in total. The van der Waals surface area contributed by atoms with Crippen molar-refractivity contribution in [3.63, 3.8) is 0 Å². The Labute approximate surface area is 153 Å². The first kappa shape index (κ1) is 20.2. The molecule has 8 nitrogen and oxygen atoms in total. The van der Waals surface area contributed by atoms with Crippen LogP contribution < -0.4 is 10.6 Å². The Hall–Kier alpha value is -2.16. The monoisotopic (exact) mass is 383 g/mol. The van der Waals surface area contributed by atoms with E-state index in [0.717, 1.165) is 18.7 Å². The van der Waals surface area contributed by atoms with Crippen LogP contribution in [-0.4, -0.2) is 38.6 Å². The van der Waals surface area contributed by atoms with Crippen molar-refractivity contribution < 1.29 is 18.1 Å². The molecule has 1 aromatic carbocycles. The first-order valence-corrected chi connectivity index (χ1v) is 10.7. The Morgan fingerprint density at radius 3 is 2.58 bits per heavy atom. The van der Waals surface area contributed by atoms with E-state index in [0.29, 0.717) is 25.4 Å². The maximum Gasteiger partial charge on any atom is 0.293 e. The first-order valence-electron chi connectivity index (χ1n) is 8.76. The van der Waals surface area contributed by atoms with Crippen LogP contribution in [0.3, 0.4) is 0 Å². The van der Waals surface area contributed by atoms with Gasteiger partial charge in [-0.1, -0.05) is 25.7 Å². The largest absolute Gasteiger partial charge is 0.378 e. The van der Waals surface area contributed by atoms with Gasteiger partial charge in [0, 0.05) is 31.8 Å². The van der Waals surface area contributed by atoms with Crippen molar-refractivity contribution >= 4 is 27.1 Å². The molecular weight excluding hydrogens is 358 g/mol. The summed E-state index contributed by atoms with van der Waals surface area (Å²) in [6.07, 6.45) is 7.36. The molecule has 1 amide bonds. The number of hydrogen-bond donors (Lipinski definition) is 2. The van der Waals surface area contributed by atoms with Gasteiger partial charge in [-0.05, 0) is 24.5 Å². The molecule has 0 bridgehead atoms. The second-order valence-corrected chi connectivity index (χ2v) is 8.69.